The molecule has 1 aromatic heterocycles. The number of aromatic nitrogens is 1. The summed E-state index contributed by atoms with van der Waals surface area (Å²) >= 11 is 1.31. The predicted octanol–water partition coefficient (Wildman–Crippen LogP) is 3.10. The molecule has 0 saturated carbocycles. The molecule has 2 rings (SSSR count). The van der Waals surface area contributed by atoms with Gasteiger partial charge in [0.05, 0.1) is 18.4 Å². The molecule has 0 saturated heterocycles. The van der Waals surface area contributed by atoms with Gasteiger partial charge in [0.25, 0.3) is 0 Å². The lowest BCUT2D eigenvalue weighted by molar-refractivity contribution is -0.152. The lowest BCUT2D eigenvalue weighted by atomic mass is 9.87. The number of hydrogen-bond donors (Lipinski definition) is 1. The van der Waals surface area contributed by atoms with Crippen molar-refractivity contribution in [3.63, 3.8) is 0 Å². The number of nitrogens with one attached hydrogen (secondary N) is 1. The van der Waals surface area contributed by atoms with Gasteiger partial charge >= 0.3 is 11.9 Å². The van der Waals surface area contributed by atoms with Crippen LogP contribution in [0.4, 0.5) is 5.13 Å². The topological polar surface area (TPSA) is 77.5 Å². The Morgan fingerprint density at radius 1 is 1.30 bits per heavy atom. The van der Waals surface area contributed by atoms with E-state index in [9.17, 15) is 9.59 Å². The molecule has 0 aliphatic heterocycles. The fourth-order valence-corrected chi connectivity index (χ4v) is 3.34. The second kappa shape index (κ2) is 6.54. The molecule has 2 aromatic rings. The maximum absolute atomic E-state index is 11.8. The molecule has 1 amide bonds. The van der Waals surface area contributed by atoms with Gasteiger partial charge in [-0.25, -0.2) is 9.78 Å². The van der Waals surface area contributed by atoms with Crippen LogP contribution in [0.15, 0.2) is 12.1 Å². The zero-order valence-corrected chi connectivity index (χ0v) is 14.7. The number of benzene rings is 1. The summed E-state index contributed by atoms with van der Waals surface area (Å²) in [5.74, 6) is -1.13. The Morgan fingerprint density at radius 3 is 2.57 bits per heavy atom. The predicted molar refractivity (Wildman–Crippen MR) is 90.1 cm³/mol. The Bertz CT molecular complexity index is 746. The van der Waals surface area contributed by atoms with Crippen LogP contribution in [0.5, 0.6) is 5.75 Å². The zero-order valence-electron chi connectivity index (χ0n) is 13.9. The van der Waals surface area contributed by atoms with Crippen LogP contribution in [0.3, 0.4) is 0 Å². The molecule has 1 N–H and O–H groups in total. The van der Waals surface area contributed by atoms with E-state index in [-0.39, 0.29) is 12.0 Å². The first-order valence-electron chi connectivity index (χ1n) is 7.24. The molecule has 1 aromatic carbocycles. The molecule has 0 fully saturated rings. The van der Waals surface area contributed by atoms with E-state index < -0.39 is 11.9 Å². The summed E-state index contributed by atoms with van der Waals surface area (Å²) in [6.45, 7) is 8.10. The highest BCUT2D eigenvalue weighted by atomic mass is 32.1. The molecule has 0 unspecified atom stereocenters. The van der Waals surface area contributed by atoms with Crippen molar-refractivity contribution in [2.45, 2.75) is 33.1 Å². The van der Waals surface area contributed by atoms with Crippen LogP contribution in [-0.4, -0.2) is 30.6 Å². The van der Waals surface area contributed by atoms with Gasteiger partial charge in [0, 0.05) is 0 Å². The first kappa shape index (κ1) is 17.2. The lowest BCUT2D eigenvalue weighted by Gasteiger charge is -2.20. The molecule has 0 radical (unpaired) electrons. The van der Waals surface area contributed by atoms with Crippen molar-refractivity contribution in [3.8, 4) is 5.75 Å². The molecule has 6 nitrogen and oxygen atoms in total. The normalized spacial score (nSPS) is 11.3. The molecule has 23 heavy (non-hydrogen) atoms. The highest BCUT2D eigenvalue weighted by Gasteiger charge is 2.23. The van der Waals surface area contributed by atoms with Crippen molar-refractivity contribution >= 4 is 38.6 Å². The van der Waals surface area contributed by atoms with Crippen LogP contribution < -0.4 is 10.1 Å². The van der Waals surface area contributed by atoms with Crippen molar-refractivity contribution in [2.75, 3.05) is 19.0 Å². The minimum absolute atomic E-state index is 0.0839. The fourth-order valence-electron chi connectivity index (χ4n) is 2.14. The highest BCUT2D eigenvalue weighted by molar-refractivity contribution is 7.22. The van der Waals surface area contributed by atoms with Gasteiger partial charge in [-0.1, -0.05) is 38.2 Å². The smallest absolute Gasteiger partial charge is 0.397 e. The molecule has 0 spiro atoms. The van der Waals surface area contributed by atoms with Gasteiger partial charge in [0.1, 0.15) is 11.3 Å². The second-order valence-electron chi connectivity index (χ2n) is 5.94. The van der Waals surface area contributed by atoms with Crippen LogP contribution in [-0.2, 0) is 19.7 Å². The van der Waals surface area contributed by atoms with Gasteiger partial charge in [0.15, 0.2) is 5.13 Å². The lowest BCUT2D eigenvalue weighted by Crippen LogP contribution is -2.24. The number of fused-ring (bicyclic) bond motifs is 1. The van der Waals surface area contributed by atoms with E-state index in [1.165, 1.54) is 11.3 Å². The first-order valence-corrected chi connectivity index (χ1v) is 8.05. The second-order valence-corrected chi connectivity index (χ2v) is 6.94. The Kier molecular flexibility index (Phi) is 4.89. The van der Waals surface area contributed by atoms with Crippen molar-refractivity contribution in [1.82, 2.24) is 4.98 Å². The Hall–Kier alpha value is -2.15. The number of ether oxygens (including phenoxy) is 2. The van der Waals surface area contributed by atoms with Crippen molar-refractivity contribution < 1.29 is 19.1 Å². The molecule has 124 valence electrons. The van der Waals surface area contributed by atoms with E-state index >= 15 is 0 Å². The van der Waals surface area contributed by atoms with Crippen LogP contribution in [0.1, 0.15) is 33.3 Å². The summed E-state index contributed by atoms with van der Waals surface area (Å²) in [6, 6.07) is 3.86. The molecular formula is C16H20N2O4S. The molecule has 0 aliphatic rings. The van der Waals surface area contributed by atoms with Gasteiger partial charge in [-0.15, -0.1) is 0 Å². The number of methoxy groups -OCH3 is 1. The number of anilines is 1. The van der Waals surface area contributed by atoms with Gasteiger partial charge in [-0.2, -0.15) is 0 Å². The maximum atomic E-state index is 11.8. The minimum Gasteiger partial charge on any atom is -0.494 e. The maximum Gasteiger partial charge on any atom is 0.397 e. The number of rotatable bonds is 3. The van der Waals surface area contributed by atoms with Crippen molar-refractivity contribution in [2.24, 2.45) is 0 Å². The fraction of sp³-hybridized carbons (Fsp3) is 0.438. The summed E-state index contributed by atoms with van der Waals surface area (Å²) in [4.78, 5) is 27.6. The molecule has 0 aliphatic carbocycles. The first-order chi connectivity index (χ1) is 10.8. The van der Waals surface area contributed by atoms with E-state index in [2.05, 4.69) is 35.8 Å². The van der Waals surface area contributed by atoms with Crippen LogP contribution in [0, 0.1) is 0 Å². The summed E-state index contributed by atoms with van der Waals surface area (Å²) in [5, 5.41) is 2.83. The third kappa shape index (κ3) is 3.61. The standard InChI is InChI=1S/C16H20N2O4S/c1-6-22-14(20)13(19)18-15-17-11-10(21-5)8-7-9(12(11)23-15)16(2,3)4/h7-8H,6H2,1-5H3,(H,17,18,19). The van der Waals surface area contributed by atoms with E-state index in [1.54, 1.807) is 14.0 Å². The molecule has 0 atom stereocenters. The molecule has 1 heterocycles. The van der Waals surface area contributed by atoms with E-state index in [1.807, 2.05) is 12.1 Å². The van der Waals surface area contributed by atoms with Crippen LogP contribution >= 0.6 is 11.3 Å². The number of carbonyl (C=O) groups is 2. The average Bonchev–Trinajstić information content (AvgIpc) is 2.88. The van der Waals surface area contributed by atoms with Crippen LogP contribution in [0.2, 0.25) is 0 Å². The van der Waals surface area contributed by atoms with Gasteiger partial charge in [0.2, 0.25) is 0 Å². The Labute approximate surface area is 138 Å². The summed E-state index contributed by atoms with van der Waals surface area (Å²) in [7, 11) is 1.57. The number of nitrogens with zero attached hydrogens (tertiary/aromatic N) is 1. The monoisotopic (exact) mass is 336 g/mol. The Morgan fingerprint density at radius 2 is 2.00 bits per heavy atom. The largest absolute Gasteiger partial charge is 0.494 e. The number of hydrogen-bond acceptors (Lipinski definition) is 6. The number of carbonyl (C=O) groups excluding carboxylic acids is 2. The van der Waals surface area contributed by atoms with Gasteiger partial charge < -0.3 is 9.47 Å². The molecule has 7 heteroatoms. The quantitative estimate of drug-likeness (QED) is 0.688. The third-order valence-corrected chi connectivity index (χ3v) is 4.22. The van der Waals surface area contributed by atoms with Crippen molar-refractivity contribution in [3.05, 3.63) is 17.7 Å². The van der Waals surface area contributed by atoms with Gasteiger partial charge in [-0.3, -0.25) is 10.1 Å². The summed E-state index contributed by atoms with van der Waals surface area (Å²) in [6.07, 6.45) is 0. The van der Waals surface area contributed by atoms with Crippen molar-refractivity contribution in [1.29, 1.82) is 0 Å². The molecule has 0 bridgehead atoms. The summed E-state index contributed by atoms with van der Waals surface area (Å²) in [5.41, 5.74) is 1.69. The number of esters is 1. The number of amides is 1. The van der Waals surface area contributed by atoms with Gasteiger partial charge in [-0.05, 0) is 24.0 Å². The molecular weight excluding hydrogens is 316 g/mol. The van der Waals surface area contributed by atoms with Crippen LogP contribution in [0.25, 0.3) is 10.2 Å². The zero-order chi connectivity index (χ0) is 17.2. The SMILES string of the molecule is CCOC(=O)C(=O)Nc1nc2c(OC)ccc(C(C)(C)C)c2s1. The third-order valence-electron chi connectivity index (χ3n) is 3.22. The minimum atomic E-state index is -0.922. The average molecular weight is 336 g/mol. The van der Waals surface area contributed by atoms with E-state index in [4.69, 9.17) is 4.74 Å². The number of thiazole rings is 1. The summed E-state index contributed by atoms with van der Waals surface area (Å²) < 4.78 is 10.9. The highest BCUT2D eigenvalue weighted by Crippen LogP contribution is 2.39. The van der Waals surface area contributed by atoms with E-state index in [0.29, 0.717) is 16.4 Å². The Balaban J connectivity index is 2.44. The van der Waals surface area contributed by atoms with E-state index in [0.717, 1.165) is 10.3 Å².